The summed E-state index contributed by atoms with van der Waals surface area (Å²) in [5.41, 5.74) is 1.26. The normalized spacial score (nSPS) is 10.6. The SMILES string of the molecule is COCCN(CC(=O)N(Cc1ccccc1)Cc1ccco1)C(=O)Nc1c(Cl)cccc1Cl. The van der Waals surface area contributed by atoms with Crippen LogP contribution in [-0.2, 0) is 22.6 Å². The van der Waals surface area contributed by atoms with Gasteiger partial charge in [0.05, 0.1) is 35.1 Å². The molecule has 0 radical (unpaired) electrons. The van der Waals surface area contributed by atoms with Crippen molar-refractivity contribution in [3.8, 4) is 0 Å². The summed E-state index contributed by atoms with van der Waals surface area (Å²) in [5.74, 6) is 0.404. The van der Waals surface area contributed by atoms with Gasteiger partial charge in [-0.3, -0.25) is 4.79 Å². The maximum Gasteiger partial charge on any atom is 0.322 e. The van der Waals surface area contributed by atoms with E-state index in [1.165, 1.54) is 12.0 Å². The van der Waals surface area contributed by atoms with Crippen LogP contribution in [0, 0.1) is 0 Å². The van der Waals surface area contributed by atoms with Gasteiger partial charge in [0, 0.05) is 20.2 Å². The summed E-state index contributed by atoms with van der Waals surface area (Å²) >= 11 is 12.4. The van der Waals surface area contributed by atoms with Crippen LogP contribution in [0.1, 0.15) is 11.3 Å². The quantitative estimate of drug-likeness (QED) is 0.419. The molecule has 0 bridgehead atoms. The highest BCUT2D eigenvalue weighted by Gasteiger charge is 2.23. The van der Waals surface area contributed by atoms with Crippen molar-refractivity contribution in [1.82, 2.24) is 9.80 Å². The molecule has 1 N–H and O–H groups in total. The third kappa shape index (κ3) is 7.25. The van der Waals surface area contributed by atoms with Crippen molar-refractivity contribution in [2.45, 2.75) is 13.1 Å². The van der Waals surface area contributed by atoms with E-state index >= 15 is 0 Å². The van der Waals surface area contributed by atoms with E-state index in [4.69, 9.17) is 32.4 Å². The van der Waals surface area contributed by atoms with E-state index in [1.54, 1.807) is 41.5 Å². The standard InChI is InChI=1S/C24H25Cl2N3O4/c1-32-14-12-28(24(31)27-23-20(25)10-5-11-21(23)26)17-22(30)29(16-19-9-6-13-33-19)15-18-7-3-2-4-8-18/h2-11,13H,12,14-17H2,1H3,(H,27,31). The number of amides is 3. The zero-order valence-corrected chi connectivity index (χ0v) is 19.7. The largest absolute Gasteiger partial charge is 0.467 e. The zero-order valence-electron chi connectivity index (χ0n) is 18.2. The van der Waals surface area contributed by atoms with Crippen LogP contribution in [0.3, 0.4) is 0 Å². The number of hydrogen-bond acceptors (Lipinski definition) is 4. The van der Waals surface area contributed by atoms with E-state index in [-0.39, 0.29) is 37.8 Å². The van der Waals surface area contributed by atoms with E-state index in [9.17, 15) is 9.59 Å². The van der Waals surface area contributed by atoms with E-state index in [2.05, 4.69) is 5.32 Å². The first-order chi connectivity index (χ1) is 16.0. The van der Waals surface area contributed by atoms with E-state index in [1.807, 2.05) is 30.3 Å². The van der Waals surface area contributed by atoms with E-state index in [0.29, 0.717) is 22.4 Å². The Morgan fingerprint density at radius 3 is 2.30 bits per heavy atom. The molecule has 1 aromatic heterocycles. The summed E-state index contributed by atoms with van der Waals surface area (Å²) in [6.45, 7) is 0.946. The lowest BCUT2D eigenvalue weighted by Crippen LogP contribution is -2.45. The molecule has 2 aromatic carbocycles. The molecule has 0 fully saturated rings. The number of benzene rings is 2. The smallest absolute Gasteiger partial charge is 0.322 e. The Balaban J connectivity index is 1.76. The number of carbonyl (C=O) groups excluding carboxylic acids is 2. The van der Waals surface area contributed by atoms with Crippen molar-refractivity contribution in [1.29, 1.82) is 0 Å². The summed E-state index contributed by atoms with van der Waals surface area (Å²) in [6, 6.07) is 17.6. The van der Waals surface area contributed by atoms with Crippen LogP contribution in [0.2, 0.25) is 10.0 Å². The number of furan rings is 1. The average molecular weight is 490 g/mol. The summed E-state index contributed by atoms with van der Waals surface area (Å²) in [7, 11) is 1.53. The molecule has 0 aliphatic rings. The number of halogens is 2. The molecular weight excluding hydrogens is 465 g/mol. The number of hydrogen-bond donors (Lipinski definition) is 1. The number of urea groups is 1. The zero-order chi connectivity index (χ0) is 23.6. The second kappa shape index (κ2) is 12.3. The highest BCUT2D eigenvalue weighted by atomic mass is 35.5. The van der Waals surface area contributed by atoms with Crippen LogP contribution < -0.4 is 5.32 Å². The van der Waals surface area contributed by atoms with Gasteiger partial charge in [-0.05, 0) is 29.8 Å². The monoisotopic (exact) mass is 489 g/mol. The Kier molecular flexibility index (Phi) is 9.18. The fraction of sp³-hybridized carbons (Fsp3) is 0.250. The summed E-state index contributed by atoms with van der Waals surface area (Å²) in [5, 5.41) is 3.31. The highest BCUT2D eigenvalue weighted by molar-refractivity contribution is 6.39. The maximum atomic E-state index is 13.3. The molecule has 0 atom stereocenters. The van der Waals surface area contributed by atoms with Gasteiger partial charge in [-0.2, -0.15) is 0 Å². The molecule has 3 amide bonds. The lowest BCUT2D eigenvalue weighted by molar-refractivity contribution is -0.133. The Labute approximate surface area is 202 Å². The minimum Gasteiger partial charge on any atom is -0.467 e. The predicted molar refractivity (Wildman–Crippen MR) is 128 cm³/mol. The molecule has 0 saturated carbocycles. The molecule has 0 aliphatic carbocycles. The number of nitrogens with one attached hydrogen (secondary N) is 1. The Morgan fingerprint density at radius 2 is 1.67 bits per heavy atom. The molecule has 3 aromatic rings. The molecule has 0 saturated heterocycles. The minimum absolute atomic E-state index is 0.162. The molecule has 0 spiro atoms. The van der Waals surface area contributed by atoms with Crippen molar-refractivity contribution in [2.75, 3.05) is 32.1 Å². The first-order valence-corrected chi connectivity index (χ1v) is 11.1. The summed E-state index contributed by atoms with van der Waals surface area (Å²) < 4.78 is 10.6. The second-order valence-corrected chi connectivity index (χ2v) is 8.07. The van der Waals surface area contributed by atoms with Crippen LogP contribution in [0.15, 0.2) is 71.3 Å². The van der Waals surface area contributed by atoms with Crippen LogP contribution in [-0.4, -0.2) is 48.5 Å². The molecule has 7 nitrogen and oxygen atoms in total. The third-order valence-electron chi connectivity index (χ3n) is 4.87. The summed E-state index contributed by atoms with van der Waals surface area (Å²) in [4.78, 5) is 29.3. The lowest BCUT2D eigenvalue weighted by atomic mass is 10.2. The molecule has 33 heavy (non-hydrogen) atoms. The van der Waals surface area contributed by atoms with E-state index < -0.39 is 6.03 Å². The fourth-order valence-corrected chi connectivity index (χ4v) is 3.64. The highest BCUT2D eigenvalue weighted by Crippen LogP contribution is 2.30. The van der Waals surface area contributed by atoms with E-state index in [0.717, 1.165) is 5.56 Å². The van der Waals surface area contributed by atoms with Gasteiger partial charge in [0.25, 0.3) is 0 Å². The third-order valence-corrected chi connectivity index (χ3v) is 5.50. The second-order valence-electron chi connectivity index (χ2n) is 7.26. The van der Waals surface area contributed by atoms with Gasteiger partial charge >= 0.3 is 6.03 Å². The van der Waals surface area contributed by atoms with Crippen LogP contribution >= 0.6 is 23.2 Å². The predicted octanol–water partition coefficient (Wildman–Crippen LogP) is 5.30. The molecule has 9 heteroatoms. The van der Waals surface area contributed by atoms with Crippen molar-refractivity contribution >= 4 is 40.8 Å². The van der Waals surface area contributed by atoms with Crippen LogP contribution in [0.25, 0.3) is 0 Å². The van der Waals surface area contributed by atoms with Gasteiger partial charge in [0.15, 0.2) is 0 Å². The number of ether oxygens (including phenoxy) is 1. The van der Waals surface area contributed by atoms with Crippen molar-refractivity contribution < 1.29 is 18.7 Å². The molecule has 3 rings (SSSR count). The first kappa shape index (κ1) is 24.6. The maximum absolute atomic E-state index is 13.3. The first-order valence-electron chi connectivity index (χ1n) is 10.3. The van der Waals surface area contributed by atoms with Gasteiger partial charge in [-0.25, -0.2) is 4.79 Å². The van der Waals surface area contributed by atoms with Gasteiger partial charge in [-0.15, -0.1) is 0 Å². The van der Waals surface area contributed by atoms with Gasteiger partial charge in [0.1, 0.15) is 12.3 Å². The molecule has 1 heterocycles. The number of carbonyl (C=O) groups is 2. The average Bonchev–Trinajstić information content (AvgIpc) is 3.32. The lowest BCUT2D eigenvalue weighted by Gasteiger charge is -2.27. The molecular formula is C24H25Cl2N3O4. The number of rotatable bonds is 10. The summed E-state index contributed by atoms with van der Waals surface area (Å²) in [6.07, 6.45) is 1.56. The number of methoxy groups -OCH3 is 1. The van der Waals surface area contributed by atoms with Crippen molar-refractivity contribution in [3.05, 3.63) is 88.3 Å². The number of para-hydroxylation sites is 1. The van der Waals surface area contributed by atoms with Gasteiger partial charge in [-0.1, -0.05) is 59.6 Å². The Bertz CT molecular complexity index is 1020. The molecule has 0 unspecified atom stereocenters. The number of nitrogens with zero attached hydrogens (tertiary/aromatic N) is 2. The van der Waals surface area contributed by atoms with Crippen molar-refractivity contribution in [3.63, 3.8) is 0 Å². The number of anilines is 1. The fourth-order valence-electron chi connectivity index (χ4n) is 3.15. The topological polar surface area (TPSA) is 75.0 Å². The van der Waals surface area contributed by atoms with Crippen LogP contribution in [0.4, 0.5) is 10.5 Å². The van der Waals surface area contributed by atoms with Crippen LogP contribution in [0.5, 0.6) is 0 Å². The van der Waals surface area contributed by atoms with Crippen molar-refractivity contribution in [2.24, 2.45) is 0 Å². The Morgan fingerprint density at radius 1 is 0.939 bits per heavy atom. The minimum atomic E-state index is -0.506. The van der Waals surface area contributed by atoms with Gasteiger partial charge in [0.2, 0.25) is 5.91 Å². The molecule has 0 aliphatic heterocycles. The van der Waals surface area contributed by atoms with Gasteiger partial charge < -0.3 is 24.3 Å². The molecule has 174 valence electrons. The Hall–Kier alpha value is -3.00.